The van der Waals surface area contributed by atoms with Gasteiger partial charge in [-0.3, -0.25) is 9.59 Å². The van der Waals surface area contributed by atoms with Crippen LogP contribution in [-0.4, -0.2) is 23.3 Å². The summed E-state index contributed by atoms with van der Waals surface area (Å²) in [5, 5.41) is 2.90. The third kappa shape index (κ3) is 3.21. The van der Waals surface area contributed by atoms with Crippen molar-refractivity contribution in [3.8, 4) is 11.3 Å². The van der Waals surface area contributed by atoms with E-state index in [1.54, 1.807) is 11.1 Å². The Balaban J connectivity index is 1.46. The molecule has 1 saturated heterocycles. The zero-order chi connectivity index (χ0) is 17.9. The van der Waals surface area contributed by atoms with Crippen molar-refractivity contribution in [3.63, 3.8) is 0 Å². The van der Waals surface area contributed by atoms with E-state index >= 15 is 0 Å². The smallest absolute Gasteiger partial charge is 0.229 e. The molecule has 1 aliphatic heterocycles. The lowest BCUT2D eigenvalue weighted by Gasteiger charge is -2.16. The highest BCUT2D eigenvalue weighted by molar-refractivity contribution is 6.03. The molecular formula is C20H17N3O3. The largest absolute Gasteiger partial charge is 0.444 e. The van der Waals surface area contributed by atoms with Gasteiger partial charge in [0.05, 0.1) is 12.1 Å². The van der Waals surface area contributed by atoms with Crippen LogP contribution >= 0.6 is 0 Å². The van der Waals surface area contributed by atoms with Gasteiger partial charge in [0.1, 0.15) is 0 Å². The van der Waals surface area contributed by atoms with Crippen molar-refractivity contribution in [1.82, 2.24) is 4.98 Å². The first kappa shape index (κ1) is 16.1. The van der Waals surface area contributed by atoms with Gasteiger partial charge in [0.2, 0.25) is 11.8 Å². The number of hydrogen-bond acceptors (Lipinski definition) is 4. The molecule has 2 amide bonds. The highest BCUT2D eigenvalue weighted by Gasteiger charge is 2.35. The van der Waals surface area contributed by atoms with E-state index in [4.69, 9.17) is 4.42 Å². The van der Waals surface area contributed by atoms with E-state index in [0.29, 0.717) is 18.0 Å². The summed E-state index contributed by atoms with van der Waals surface area (Å²) in [4.78, 5) is 30.4. The fourth-order valence-electron chi connectivity index (χ4n) is 3.09. The SMILES string of the molecule is O=C(Nc1cccc(-c2cnco2)c1)C1CC(=O)N(c2ccccc2)C1. The predicted octanol–water partition coefficient (Wildman–Crippen LogP) is 3.33. The van der Waals surface area contributed by atoms with Crippen molar-refractivity contribution in [1.29, 1.82) is 0 Å². The molecule has 1 unspecified atom stereocenters. The molecule has 2 heterocycles. The number of oxazole rings is 1. The molecule has 1 aliphatic rings. The van der Waals surface area contributed by atoms with E-state index < -0.39 is 0 Å². The van der Waals surface area contributed by atoms with Crippen LogP contribution in [0.2, 0.25) is 0 Å². The van der Waals surface area contributed by atoms with Gasteiger partial charge in [-0.1, -0.05) is 30.3 Å². The highest BCUT2D eigenvalue weighted by atomic mass is 16.3. The number of rotatable bonds is 4. The molecule has 4 rings (SSSR count). The maximum absolute atomic E-state index is 12.6. The number of benzene rings is 2. The topological polar surface area (TPSA) is 75.4 Å². The van der Waals surface area contributed by atoms with Gasteiger partial charge in [-0.05, 0) is 24.3 Å². The van der Waals surface area contributed by atoms with Crippen LogP contribution < -0.4 is 10.2 Å². The summed E-state index contributed by atoms with van der Waals surface area (Å²) in [7, 11) is 0. The molecular weight excluding hydrogens is 330 g/mol. The third-order valence-electron chi connectivity index (χ3n) is 4.41. The Morgan fingerprint density at radius 1 is 1.15 bits per heavy atom. The number of aromatic nitrogens is 1. The Morgan fingerprint density at radius 2 is 2.00 bits per heavy atom. The summed E-state index contributed by atoms with van der Waals surface area (Å²) < 4.78 is 5.28. The molecule has 26 heavy (non-hydrogen) atoms. The summed E-state index contributed by atoms with van der Waals surface area (Å²) in [6.07, 6.45) is 3.19. The third-order valence-corrected chi connectivity index (χ3v) is 4.41. The van der Waals surface area contributed by atoms with E-state index in [9.17, 15) is 9.59 Å². The van der Waals surface area contributed by atoms with E-state index in [1.807, 2.05) is 54.6 Å². The average Bonchev–Trinajstić information content (AvgIpc) is 3.32. The van der Waals surface area contributed by atoms with Gasteiger partial charge in [0.25, 0.3) is 0 Å². The minimum Gasteiger partial charge on any atom is -0.444 e. The fraction of sp³-hybridized carbons (Fsp3) is 0.150. The van der Waals surface area contributed by atoms with Crippen molar-refractivity contribution >= 4 is 23.2 Å². The molecule has 6 heteroatoms. The lowest BCUT2D eigenvalue weighted by atomic mass is 10.1. The Labute approximate surface area is 150 Å². The van der Waals surface area contributed by atoms with Crippen LogP contribution in [0.5, 0.6) is 0 Å². The van der Waals surface area contributed by atoms with Crippen molar-refractivity contribution in [2.24, 2.45) is 5.92 Å². The van der Waals surface area contributed by atoms with Crippen LogP contribution in [0.25, 0.3) is 11.3 Å². The second kappa shape index (κ2) is 6.84. The predicted molar refractivity (Wildman–Crippen MR) is 97.5 cm³/mol. The first-order valence-electron chi connectivity index (χ1n) is 8.36. The second-order valence-electron chi connectivity index (χ2n) is 6.18. The molecule has 0 spiro atoms. The molecule has 130 valence electrons. The number of para-hydroxylation sites is 1. The van der Waals surface area contributed by atoms with Gasteiger partial charge in [-0.25, -0.2) is 4.98 Å². The van der Waals surface area contributed by atoms with Crippen LogP contribution in [0.4, 0.5) is 11.4 Å². The zero-order valence-corrected chi connectivity index (χ0v) is 14.0. The van der Waals surface area contributed by atoms with Crippen LogP contribution in [-0.2, 0) is 9.59 Å². The van der Waals surface area contributed by atoms with Crippen molar-refractivity contribution in [2.75, 3.05) is 16.8 Å². The van der Waals surface area contributed by atoms with Crippen molar-refractivity contribution in [2.45, 2.75) is 6.42 Å². The van der Waals surface area contributed by atoms with Gasteiger partial charge in [-0.2, -0.15) is 0 Å². The van der Waals surface area contributed by atoms with E-state index in [-0.39, 0.29) is 24.2 Å². The van der Waals surface area contributed by atoms with Gasteiger partial charge in [-0.15, -0.1) is 0 Å². The summed E-state index contributed by atoms with van der Waals surface area (Å²) in [6, 6.07) is 16.8. The molecule has 1 atom stereocenters. The summed E-state index contributed by atoms with van der Waals surface area (Å²) in [6.45, 7) is 0.385. The Kier molecular flexibility index (Phi) is 4.23. The molecule has 1 fully saturated rings. The molecule has 3 aromatic rings. The number of hydrogen-bond donors (Lipinski definition) is 1. The quantitative estimate of drug-likeness (QED) is 0.785. The number of amides is 2. The number of carbonyl (C=O) groups is 2. The molecule has 0 aliphatic carbocycles. The molecule has 0 bridgehead atoms. The first-order valence-corrected chi connectivity index (χ1v) is 8.36. The molecule has 0 radical (unpaired) electrons. The first-order chi connectivity index (χ1) is 12.7. The summed E-state index contributed by atoms with van der Waals surface area (Å²) >= 11 is 0. The molecule has 0 saturated carbocycles. The maximum atomic E-state index is 12.6. The lowest BCUT2D eigenvalue weighted by Crippen LogP contribution is -2.28. The van der Waals surface area contributed by atoms with Gasteiger partial charge in [0.15, 0.2) is 12.2 Å². The normalized spacial score (nSPS) is 16.7. The van der Waals surface area contributed by atoms with Gasteiger partial charge < -0.3 is 14.6 Å². The minimum absolute atomic E-state index is 0.0354. The standard InChI is InChI=1S/C20H17N3O3/c24-19-10-15(12-23(19)17-7-2-1-3-8-17)20(25)22-16-6-4-5-14(9-16)18-11-21-13-26-18/h1-9,11,13,15H,10,12H2,(H,22,25). The molecule has 2 aromatic carbocycles. The number of nitrogens with zero attached hydrogens (tertiary/aromatic N) is 2. The van der Waals surface area contributed by atoms with Crippen molar-refractivity contribution in [3.05, 3.63) is 67.2 Å². The van der Waals surface area contributed by atoms with Crippen LogP contribution in [0.15, 0.2) is 71.6 Å². The Bertz CT molecular complexity index is 922. The maximum Gasteiger partial charge on any atom is 0.229 e. The monoisotopic (exact) mass is 347 g/mol. The fourth-order valence-corrected chi connectivity index (χ4v) is 3.09. The van der Waals surface area contributed by atoms with E-state index in [1.165, 1.54) is 6.39 Å². The number of nitrogens with one attached hydrogen (secondary N) is 1. The summed E-state index contributed by atoms with van der Waals surface area (Å²) in [5.74, 6) is 0.0577. The van der Waals surface area contributed by atoms with Crippen LogP contribution in [0, 0.1) is 5.92 Å². The van der Waals surface area contributed by atoms with Gasteiger partial charge >= 0.3 is 0 Å². The zero-order valence-electron chi connectivity index (χ0n) is 14.0. The number of anilines is 2. The van der Waals surface area contributed by atoms with E-state index in [0.717, 1.165) is 11.3 Å². The Hall–Kier alpha value is -3.41. The number of carbonyl (C=O) groups excluding carboxylic acids is 2. The molecule has 1 aromatic heterocycles. The highest BCUT2D eigenvalue weighted by Crippen LogP contribution is 2.27. The summed E-state index contributed by atoms with van der Waals surface area (Å²) in [5.41, 5.74) is 2.31. The Morgan fingerprint density at radius 3 is 2.77 bits per heavy atom. The van der Waals surface area contributed by atoms with Crippen LogP contribution in [0.1, 0.15) is 6.42 Å². The minimum atomic E-state index is -0.378. The lowest BCUT2D eigenvalue weighted by molar-refractivity contribution is -0.122. The molecule has 1 N–H and O–H groups in total. The van der Waals surface area contributed by atoms with E-state index in [2.05, 4.69) is 10.3 Å². The van der Waals surface area contributed by atoms with Gasteiger partial charge in [0, 0.05) is 29.9 Å². The average molecular weight is 347 g/mol. The van der Waals surface area contributed by atoms with Crippen LogP contribution in [0.3, 0.4) is 0 Å². The molecule has 6 nitrogen and oxygen atoms in total. The van der Waals surface area contributed by atoms with Crippen molar-refractivity contribution < 1.29 is 14.0 Å². The second-order valence-corrected chi connectivity index (χ2v) is 6.18.